The molecule has 2 aromatic rings. The summed E-state index contributed by atoms with van der Waals surface area (Å²) >= 11 is 0. The van der Waals surface area contributed by atoms with E-state index in [2.05, 4.69) is 19.2 Å². The maximum absolute atomic E-state index is 13.0. The van der Waals surface area contributed by atoms with Gasteiger partial charge in [-0.2, -0.15) is 0 Å². The number of nitrogens with one attached hydrogen (secondary N) is 1. The van der Waals surface area contributed by atoms with Crippen LogP contribution in [0.4, 0.5) is 14.9 Å². The summed E-state index contributed by atoms with van der Waals surface area (Å²) in [5.41, 5.74) is -0.0546. The predicted molar refractivity (Wildman–Crippen MR) is 107 cm³/mol. The Morgan fingerprint density at radius 3 is 2.50 bits per heavy atom. The second kappa shape index (κ2) is 8.61. The maximum Gasteiger partial charge on any atom is 0.321 e. The smallest absolute Gasteiger partial charge is 0.321 e. The zero-order valence-corrected chi connectivity index (χ0v) is 16.3. The predicted octanol–water partition coefficient (Wildman–Crippen LogP) is 5.02. The number of carbonyl (C=O) groups excluding carboxylic acids is 1. The van der Waals surface area contributed by atoms with Crippen LogP contribution in [-0.4, -0.2) is 34.7 Å². The van der Waals surface area contributed by atoms with Crippen molar-refractivity contribution >= 4 is 11.7 Å². The van der Waals surface area contributed by atoms with E-state index in [4.69, 9.17) is 4.74 Å². The molecule has 0 saturated carbocycles. The molecule has 0 bridgehead atoms. The van der Waals surface area contributed by atoms with Crippen molar-refractivity contribution in [1.29, 1.82) is 0 Å². The molecule has 150 valence electrons. The van der Waals surface area contributed by atoms with E-state index < -0.39 is 5.60 Å². The first-order valence-corrected chi connectivity index (χ1v) is 9.65. The van der Waals surface area contributed by atoms with Crippen molar-refractivity contribution in [3.05, 3.63) is 54.3 Å². The summed E-state index contributed by atoms with van der Waals surface area (Å²) < 4.78 is 18.7. The number of carbonyl (C=O) groups is 1. The molecule has 0 unspecified atom stereocenters. The topological polar surface area (TPSA) is 61.8 Å². The summed E-state index contributed by atoms with van der Waals surface area (Å²) in [5, 5.41) is 13.5. The van der Waals surface area contributed by atoms with E-state index in [0.29, 0.717) is 49.0 Å². The Morgan fingerprint density at radius 1 is 1.18 bits per heavy atom. The second-order valence-corrected chi connectivity index (χ2v) is 7.82. The standard InChI is InChI=1S/C22H27FN2O3/c1-16(2)15-22(27)10-12-25(13-11-22)21(26)24-18-4-3-5-20(14-18)28-19-8-6-17(23)7-9-19/h3-9,14,16,27H,10-13,15H2,1-2H3,(H,24,26). The molecule has 2 N–H and O–H groups in total. The van der Waals surface area contributed by atoms with Crippen LogP contribution in [0.2, 0.25) is 0 Å². The van der Waals surface area contributed by atoms with Gasteiger partial charge in [-0.3, -0.25) is 0 Å². The molecule has 0 atom stereocenters. The highest BCUT2D eigenvalue weighted by Gasteiger charge is 2.34. The highest BCUT2D eigenvalue weighted by atomic mass is 19.1. The van der Waals surface area contributed by atoms with Gasteiger partial charge in [0.15, 0.2) is 0 Å². The number of urea groups is 1. The Labute approximate surface area is 165 Å². The summed E-state index contributed by atoms with van der Waals surface area (Å²) in [7, 11) is 0. The molecule has 2 aromatic carbocycles. The van der Waals surface area contributed by atoms with Gasteiger partial charge >= 0.3 is 6.03 Å². The van der Waals surface area contributed by atoms with Crippen LogP contribution in [0.1, 0.15) is 33.1 Å². The van der Waals surface area contributed by atoms with E-state index in [1.54, 1.807) is 41.3 Å². The van der Waals surface area contributed by atoms with Crippen molar-refractivity contribution < 1.29 is 19.0 Å². The van der Waals surface area contributed by atoms with Crippen molar-refractivity contribution in [2.45, 2.75) is 38.7 Å². The van der Waals surface area contributed by atoms with E-state index in [1.165, 1.54) is 12.1 Å². The molecule has 1 aliphatic rings. The van der Waals surface area contributed by atoms with Crippen LogP contribution in [-0.2, 0) is 0 Å². The number of amides is 2. The lowest BCUT2D eigenvalue weighted by Gasteiger charge is -2.39. The first kappa shape index (κ1) is 20.1. The maximum atomic E-state index is 13.0. The van der Waals surface area contributed by atoms with Crippen LogP contribution in [0, 0.1) is 11.7 Å². The Kier molecular flexibility index (Phi) is 6.19. The minimum atomic E-state index is -0.673. The fourth-order valence-corrected chi connectivity index (χ4v) is 3.57. The molecule has 1 heterocycles. The number of piperidine rings is 1. The Morgan fingerprint density at radius 2 is 1.86 bits per heavy atom. The minimum absolute atomic E-state index is 0.189. The second-order valence-electron chi connectivity index (χ2n) is 7.82. The van der Waals surface area contributed by atoms with Crippen LogP contribution in [0.15, 0.2) is 48.5 Å². The fourth-order valence-electron chi connectivity index (χ4n) is 3.57. The minimum Gasteiger partial charge on any atom is -0.457 e. The van der Waals surface area contributed by atoms with Gasteiger partial charge < -0.3 is 20.1 Å². The van der Waals surface area contributed by atoms with E-state index in [9.17, 15) is 14.3 Å². The van der Waals surface area contributed by atoms with Crippen LogP contribution >= 0.6 is 0 Å². The SMILES string of the molecule is CC(C)CC1(O)CCN(C(=O)Nc2cccc(Oc3ccc(F)cc3)c2)CC1. The highest BCUT2D eigenvalue weighted by molar-refractivity contribution is 5.89. The van der Waals surface area contributed by atoms with Crippen molar-refractivity contribution in [1.82, 2.24) is 4.90 Å². The zero-order chi connectivity index (χ0) is 20.1. The number of benzene rings is 2. The lowest BCUT2D eigenvalue weighted by molar-refractivity contribution is -0.0268. The summed E-state index contributed by atoms with van der Waals surface area (Å²) in [6, 6.07) is 12.6. The van der Waals surface area contributed by atoms with E-state index in [0.717, 1.165) is 6.42 Å². The van der Waals surface area contributed by atoms with E-state index in [1.807, 2.05) is 0 Å². The molecule has 28 heavy (non-hydrogen) atoms. The highest BCUT2D eigenvalue weighted by Crippen LogP contribution is 2.29. The molecule has 0 radical (unpaired) electrons. The van der Waals surface area contributed by atoms with Crippen LogP contribution < -0.4 is 10.1 Å². The van der Waals surface area contributed by atoms with Crippen molar-refractivity contribution in [3.63, 3.8) is 0 Å². The Bertz CT molecular complexity index is 800. The monoisotopic (exact) mass is 386 g/mol. The van der Waals surface area contributed by atoms with Gasteiger partial charge in [0.2, 0.25) is 0 Å². The van der Waals surface area contributed by atoms with Crippen LogP contribution in [0.3, 0.4) is 0 Å². The molecule has 1 aliphatic heterocycles. The fraction of sp³-hybridized carbons (Fsp3) is 0.409. The van der Waals surface area contributed by atoms with Gasteiger partial charge in [0.1, 0.15) is 17.3 Å². The molecule has 1 fully saturated rings. The lowest BCUT2D eigenvalue weighted by atomic mass is 9.84. The third kappa shape index (κ3) is 5.45. The average Bonchev–Trinajstić information content (AvgIpc) is 2.63. The molecule has 0 aromatic heterocycles. The lowest BCUT2D eigenvalue weighted by Crippen LogP contribution is -2.48. The molecule has 6 heteroatoms. The van der Waals surface area contributed by atoms with Crippen molar-refractivity contribution in [3.8, 4) is 11.5 Å². The van der Waals surface area contributed by atoms with Crippen molar-refractivity contribution in [2.24, 2.45) is 5.92 Å². The van der Waals surface area contributed by atoms with Gasteiger partial charge in [-0.25, -0.2) is 9.18 Å². The third-order valence-corrected chi connectivity index (χ3v) is 4.90. The molecular formula is C22H27FN2O3. The van der Waals surface area contributed by atoms with Gasteiger partial charge in [0, 0.05) is 24.8 Å². The first-order valence-electron chi connectivity index (χ1n) is 9.65. The number of aliphatic hydroxyl groups is 1. The first-order chi connectivity index (χ1) is 13.3. The zero-order valence-electron chi connectivity index (χ0n) is 16.3. The molecule has 0 spiro atoms. The van der Waals surface area contributed by atoms with Gasteiger partial charge in [-0.1, -0.05) is 19.9 Å². The molecular weight excluding hydrogens is 359 g/mol. The number of halogens is 1. The number of likely N-dealkylation sites (tertiary alicyclic amines) is 1. The van der Waals surface area contributed by atoms with Gasteiger partial charge in [0.25, 0.3) is 0 Å². The number of rotatable bonds is 5. The quantitative estimate of drug-likeness (QED) is 0.758. The van der Waals surface area contributed by atoms with Crippen LogP contribution in [0.5, 0.6) is 11.5 Å². The molecule has 2 amide bonds. The third-order valence-electron chi connectivity index (χ3n) is 4.90. The van der Waals surface area contributed by atoms with Gasteiger partial charge in [0.05, 0.1) is 5.60 Å². The number of anilines is 1. The van der Waals surface area contributed by atoms with Gasteiger partial charge in [-0.15, -0.1) is 0 Å². The summed E-state index contributed by atoms with van der Waals surface area (Å²) in [5.74, 6) is 1.17. The van der Waals surface area contributed by atoms with Gasteiger partial charge in [-0.05, 0) is 61.6 Å². The Hall–Kier alpha value is -2.60. The average molecular weight is 386 g/mol. The summed E-state index contributed by atoms with van der Waals surface area (Å²) in [4.78, 5) is 14.3. The van der Waals surface area contributed by atoms with Crippen molar-refractivity contribution in [2.75, 3.05) is 18.4 Å². The number of nitrogens with zero attached hydrogens (tertiary/aromatic N) is 1. The van der Waals surface area contributed by atoms with Crippen LogP contribution in [0.25, 0.3) is 0 Å². The van der Waals surface area contributed by atoms with E-state index >= 15 is 0 Å². The number of ether oxygens (including phenoxy) is 1. The molecule has 5 nitrogen and oxygen atoms in total. The number of hydrogen-bond acceptors (Lipinski definition) is 3. The summed E-state index contributed by atoms with van der Waals surface area (Å²) in [6.45, 7) is 5.25. The Balaban J connectivity index is 1.57. The van der Waals surface area contributed by atoms with E-state index in [-0.39, 0.29) is 11.8 Å². The summed E-state index contributed by atoms with van der Waals surface area (Å²) in [6.07, 6.45) is 1.93. The molecule has 3 rings (SSSR count). The molecule has 1 saturated heterocycles. The normalized spacial score (nSPS) is 16.1. The largest absolute Gasteiger partial charge is 0.457 e. The molecule has 0 aliphatic carbocycles. The number of hydrogen-bond donors (Lipinski definition) is 2.